The predicted molar refractivity (Wildman–Crippen MR) is 68.8 cm³/mol. The Morgan fingerprint density at radius 3 is 2.88 bits per heavy atom. The minimum atomic E-state index is -0.582. The first-order chi connectivity index (χ1) is 8.25. The van der Waals surface area contributed by atoms with Gasteiger partial charge in [0.05, 0.1) is 0 Å². The second-order valence-electron chi connectivity index (χ2n) is 3.61. The average molecular weight is 259 g/mol. The first kappa shape index (κ1) is 14.3. The van der Waals surface area contributed by atoms with Crippen molar-refractivity contribution < 1.29 is 14.6 Å². The van der Waals surface area contributed by atoms with Crippen molar-refractivity contribution in [3.8, 4) is 5.75 Å². The Bertz CT molecular complexity index is 336. The number of halogens is 1. The number of thioether (sulfide) groups is 1. The molecule has 0 amide bonds. The molecule has 5 heteroatoms. The zero-order chi connectivity index (χ0) is 12.5. The molecule has 0 unspecified atom stereocenters. The van der Waals surface area contributed by atoms with Crippen molar-refractivity contribution in [2.24, 2.45) is 0 Å². The zero-order valence-electron chi connectivity index (χ0n) is 9.66. The molecule has 0 aliphatic heterocycles. The van der Waals surface area contributed by atoms with E-state index in [1.165, 1.54) is 6.07 Å². The van der Waals surface area contributed by atoms with Gasteiger partial charge < -0.3 is 15.5 Å². The maximum atomic E-state index is 13.0. The zero-order valence-corrected chi connectivity index (χ0v) is 10.5. The van der Waals surface area contributed by atoms with E-state index in [0.717, 1.165) is 24.5 Å². The highest BCUT2D eigenvalue weighted by Crippen LogP contribution is 2.20. The van der Waals surface area contributed by atoms with Crippen LogP contribution < -0.4 is 5.32 Å². The fourth-order valence-electron chi connectivity index (χ4n) is 1.34. The van der Waals surface area contributed by atoms with E-state index in [2.05, 4.69) is 5.32 Å². The lowest BCUT2D eigenvalue weighted by Gasteiger charge is -2.07. The van der Waals surface area contributed by atoms with Gasteiger partial charge in [0.1, 0.15) is 0 Å². The maximum absolute atomic E-state index is 13.0. The van der Waals surface area contributed by atoms with E-state index in [-0.39, 0.29) is 12.4 Å². The van der Waals surface area contributed by atoms with Crippen LogP contribution in [0.1, 0.15) is 12.0 Å². The molecular formula is C12H18FNO2S. The number of nitrogens with one attached hydrogen (secondary N) is 1. The monoisotopic (exact) mass is 259 g/mol. The summed E-state index contributed by atoms with van der Waals surface area (Å²) in [5.74, 6) is 1.04. The van der Waals surface area contributed by atoms with Crippen LogP contribution in [0, 0.1) is 5.82 Å². The topological polar surface area (TPSA) is 52.5 Å². The molecule has 96 valence electrons. The predicted octanol–water partition coefficient (Wildman–Crippen LogP) is 1.74. The van der Waals surface area contributed by atoms with Crippen molar-refractivity contribution in [3.05, 3.63) is 29.6 Å². The van der Waals surface area contributed by atoms with Crippen LogP contribution >= 0.6 is 11.8 Å². The quantitative estimate of drug-likeness (QED) is 0.622. The Morgan fingerprint density at radius 2 is 2.12 bits per heavy atom. The van der Waals surface area contributed by atoms with E-state index >= 15 is 0 Å². The SMILES string of the molecule is OCCCSCCNCc1cccc(F)c1O. The summed E-state index contributed by atoms with van der Waals surface area (Å²) in [5.41, 5.74) is 0.574. The van der Waals surface area contributed by atoms with Crippen LogP contribution in [0.25, 0.3) is 0 Å². The third-order valence-corrected chi connectivity index (χ3v) is 3.33. The largest absolute Gasteiger partial charge is 0.505 e. The van der Waals surface area contributed by atoms with Crippen molar-refractivity contribution in [3.63, 3.8) is 0 Å². The summed E-state index contributed by atoms with van der Waals surface area (Å²) < 4.78 is 13.0. The Hall–Kier alpha value is -0.780. The molecule has 3 N–H and O–H groups in total. The molecule has 1 rings (SSSR count). The normalized spacial score (nSPS) is 10.7. The lowest BCUT2D eigenvalue weighted by molar-refractivity contribution is 0.296. The highest BCUT2D eigenvalue weighted by Gasteiger charge is 2.05. The van der Waals surface area contributed by atoms with Gasteiger partial charge in [-0.25, -0.2) is 4.39 Å². The van der Waals surface area contributed by atoms with Gasteiger partial charge in [-0.05, 0) is 18.2 Å². The summed E-state index contributed by atoms with van der Waals surface area (Å²) in [6.45, 7) is 1.49. The first-order valence-corrected chi connectivity index (χ1v) is 6.77. The van der Waals surface area contributed by atoms with Crippen molar-refractivity contribution in [2.75, 3.05) is 24.7 Å². The van der Waals surface area contributed by atoms with E-state index < -0.39 is 5.82 Å². The fourth-order valence-corrected chi connectivity index (χ4v) is 2.16. The molecule has 3 nitrogen and oxygen atoms in total. The minimum Gasteiger partial charge on any atom is -0.505 e. The van der Waals surface area contributed by atoms with Crippen LogP contribution in [0.5, 0.6) is 5.75 Å². The number of hydrogen-bond donors (Lipinski definition) is 3. The number of aromatic hydroxyl groups is 1. The van der Waals surface area contributed by atoms with E-state index in [0.29, 0.717) is 12.1 Å². The molecule has 0 aliphatic rings. The van der Waals surface area contributed by atoms with Gasteiger partial charge >= 0.3 is 0 Å². The van der Waals surface area contributed by atoms with Gasteiger partial charge in [0, 0.05) is 31.0 Å². The third-order valence-electron chi connectivity index (χ3n) is 2.26. The molecule has 0 aromatic heterocycles. The highest BCUT2D eigenvalue weighted by atomic mass is 32.2. The summed E-state index contributed by atoms with van der Waals surface area (Å²) in [4.78, 5) is 0. The number of phenolic OH excluding ortho intramolecular Hbond substituents is 1. The number of para-hydroxylation sites is 1. The Kier molecular flexibility index (Phi) is 7.00. The smallest absolute Gasteiger partial charge is 0.165 e. The van der Waals surface area contributed by atoms with Crippen molar-refractivity contribution in [2.45, 2.75) is 13.0 Å². The number of rotatable bonds is 8. The molecule has 0 saturated heterocycles. The second-order valence-corrected chi connectivity index (χ2v) is 4.84. The van der Waals surface area contributed by atoms with Gasteiger partial charge in [0.25, 0.3) is 0 Å². The number of hydrogen-bond acceptors (Lipinski definition) is 4. The lowest BCUT2D eigenvalue weighted by atomic mass is 10.2. The van der Waals surface area contributed by atoms with Gasteiger partial charge in [-0.2, -0.15) is 11.8 Å². The average Bonchev–Trinajstić information content (AvgIpc) is 2.33. The standard InChI is InChI=1S/C12H18FNO2S/c13-11-4-1-3-10(12(11)16)9-14-5-8-17-7-2-6-15/h1,3-4,14-16H,2,5-9H2. The van der Waals surface area contributed by atoms with E-state index in [9.17, 15) is 9.50 Å². The number of benzene rings is 1. The first-order valence-electron chi connectivity index (χ1n) is 5.61. The van der Waals surface area contributed by atoms with Crippen LogP contribution in [0.15, 0.2) is 18.2 Å². The summed E-state index contributed by atoms with van der Waals surface area (Å²) in [5, 5.41) is 21.1. The van der Waals surface area contributed by atoms with Crippen LogP contribution in [0.2, 0.25) is 0 Å². The molecule has 0 bridgehead atoms. The molecule has 0 aliphatic carbocycles. The lowest BCUT2D eigenvalue weighted by Crippen LogP contribution is -2.17. The van der Waals surface area contributed by atoms with Gasteiger partial charge in [0.2, 0.25) is 0 Å². The maximum Gasteiger partial charge on any atom is 0.165 e. The molecule has 0 radical (unpaired) electrons. The third kappa shape index (κ3) is 5.39. The Labute approximate surface area is 105 Å². The van der Waals surface area contributed by atoms with Gasteiger partial charge in [-0.3, -0.25) is 0 Å². The number of aliphatic hydroxyl groups is 1. The Balaban J connectivity index is 2.16. The van der Waals surface area contributed by atoms with Crippen molar-refractivity contribution >= 4 is 11.8 Å². The number of phenols is 1. The van der Waals surface area contributed by atoms with Gasteiger partial charge in [0.15, 0.2) is 11.6 Å². The van der Waals surface area contributed by atoms with Gasteiger partial charge in [-0.15, -0.1) is 0 Å². The summed E-state index contributed by atoms with van der Waals surface area (Å²) >= 11 is 1.76. The van der Waals surface area contributed by atoms with Gasteiger partial charge in [-0.1, -0.05) is 12.1 Å². The fraction of sp³-hybridized carbons (Fsp3) is 0.500. The Morgan fingerprint density at radius 1 is 1.29 bits per heavy atom. The van der Waals surface area contributed by atoms with E-state index in [1.54, 1.807) is 23.9 Å². The molecule has 0 saturated carbocycles. The van der Waals surface area contributed by atoms with Crippen LogP contribution in [-0.4, -0.2) is 34.9 Å². The van der Waals surface area contributed by atoms with E-state index in [4.69, 9.17) is 5.11 Å². The molecule has 1 aromatic rings. The highest BCUT2D eigenvalue weighted by molar-refractivity contribution is 7.99. The number of aliphatic hydroxyl groups excluding tert-OH is 1. The summed E-state index contributed by atoms with van der Waals surface area (Å²) in [6, 6.07) is 4.52. The molecule has 17 heavy (non-hydrogen) atoms. The van der Waals surface area contributed by atoms with E-state index in [1.807, 2.05) is 0 Å². The van der Waals surface area contributed by atoms with Crippen molar-refractivity contribution in [1.29, 1.82) is 0 Å². The second kappa shape index (κ2) is 8.33. The summed E-state index contributed by atoms with van der Waals surface area (Å²) in [6.07, 6.45) is 0.815. The molecule has 1 aromatic carbocycles. The van der Waals surface area contributed by atoms with Crippen LogP contribution in [0.4, 0.5) is 4.39 Å². The van der Waals surface area contributed by atoms with Crippen molar-refractivity contribution in [1.82, 2.24) is 5.32 Å². The molecular weight excluding hydrogens is 241 g/mol. The van der Waals surface area contributed by atoms with Crippen LogP contribution in [0.3, 0.4) is 0 Å². The molecule has 0 fully saturated rings. The molecule has 0 atom stereocenters. The summed E-state index contributed by atoms with van der Waals surface area (Å²) in [7, 11) is 0. The van der Waals surface area contributed by atoms with Crippen LogP contribution in [-0.2, 0) is 6.54 Å². The minimum absolute atomic E-state index is 0.234. The molecule has 0 heterocycles. The molecule has 0 spiro atoms.